The molecule has 0 atom stereocenters. The smallest absolute Gasteiger partial charge is 0.293 e. The summed E-state index contributed by atoms with van der Waals surface area (Å²) < 4.78 is 1.67. The lowest BCUT2D eigenvalue weighted by atomic mass is 10.2. The van der Waals surface area contributed by atoms with Gasteiger partial charge in [-0.25, -0.2) is 4.98 Å². The van der Waals surface area contributed by atoms with Crippen LogP contribution in [0.2, 0.25) is 0 Å². The maximum absolute atomic E-state index is 12.0. The summed E-state index contributed by atoms with van der Waals surface area (Å²) in [6, 6.07) is 0.144. The quantitative estimate of drug-likeness (QED) is 0.693. The van der Waals surface area contributed by atoms with Crippen LogP contribution in [0.4, 0.5) is 5.82 Å². The van der Waals surface area contributed by atoms with E-state index in [9.17, 15) is 4.79 Å². The highest BCUT2D eigenvalue weighted by atomic mass is 16.2. The minimum atomic E-state index is -0.0668. The molecule has 102 valence electrons. The molecule has 1 heterocycles. The van der Waals surface area contributed by atoms with Crippen LogP contribution in [0.15, 0.2) is 17.2 Å². The first-order valence-electron chi connectivity index (χ1n) is 6.58. The van der Waals surface area contributed by atoms with Gasteiger partial charge >= 0.3 is 0 Å². The molecule has 0 spiro atoms. The number of nitrogens with zero attached hydrogens (tertiary/aromatic N) is 2. The molecule has 2 N–H and O–H groups in total. The molecule has 0 saturated carbocycles. The van der Waals surface area contributed by atoms with Crippen molar-refractivity contribution in [1.29, 1.82) is 0 Å². The zero-order valence-corrected chi connectivity index (χ0v) is 11.2. The van der Waals surface area contributed by atoms with Crippen molar-refractivity contribution in [2.75, 3.05) is 18.5 Å². The minimum Gasteiger partial charge on any atom is -0.396 e. The van der Waals surface area contributed by atoms with Crippen molar-refractivity contribution in [3.05, 3.63) is 22.7 Å². The highest BCUT2D eigenvalue weighted by molar-refractivity contribution is 5.30. The van der Waals surface area contributed by atoms with Gasteiger partial charge in [0.15, 0.2) is 5.82 Å². The third kappa shape index (κ3) is 4.49. The van der Waals surface area contributed by atoms with E-state index in [2.05, 4.69) is 10.3 Å². The lowest BCUT2D eigenvalue weighted by molar-refractivity contribution is 0.283. The summed E-state index contributed by atoms with van der Waals surface area (Å²) in [6.07, 6.45) is 7.27. The normalized spacial score (nSPS) is 10.9. The largest absolute Gasteiger partial charge is 0.396 e. The van der Waals surface area contributed by atoms with Gasteiger partial charge in [-0.1, -0.05) is 12.8 Å². The summed E-state index contributed by atoms with van der Waals surface area (Å²) in [5.74, 6) is 0.424. The van der Waals surface area contributed by atoms with E-state index in [4.69, 9.17) is 5.11 Å². The molecule has 0 fully saturated rings. The summed E-state index contributed by atoms with van der Waals surface area (Å²) >= 11 is 0. The van der Waals surface area contributed by atoms with Crippen molar-refractivity contribution in [1.82, 2.24) is 9.55 Å². The third-order valence-corrected chi connectivity index (χ3v) is 2.80. The van der Waals surface area contributed by atoms with Crippen LogP contribution in [0.5, 0.6) is 0 Å². The highest BCUT2D eigenvalue weighted by Crippen LogP contribution is 2.03. The van der Waals surface area contributed by atoms with E-state index in [1.807, 2.05) is 13.8 Å². The maximum Gasteiger partial charge on any atom is 0.293 e. The van der Waals surface area contributed by atoms with Crippen molar-refractivity contribution in [3.8, 4) is 0 Å². The van der Waals surface area contributed by atoms with E-state index in [1.54, 1.807) is 17.0 Å². The molecule has 5 nitrogen and oxygen atoms in total. The first-order valence-corrected chi connectivity index (χ1v) is 6.58. The van der Waals surface area contributed by atoms with Crippen molar-refractivity contribution < 1.29 is 5.11 Å². The Morgan fingerprint density at radius 3 is 2.72 bits per heavy atom. The standard InChI is InChI=1S/C13H23N3O2/c1-11(2)16-9-8-15-12(13(16)18)14-7-5-3-4-6-10-17/h8-9,11,17H,3-7,10H2,1-2H3,(H,14,15). The van der Waals surface area contributed by atoms with Crippen molar-refractivity contribution >= 4 is 5.82 Å². The average molecular weight is 253 g/mol. The van der Waals surface area contributed by atoms with Gasteiger partial charge in [0.1, 0.15) is 0 Å². The SMILES string of the molecule is CC(C)n1ccnc(NCCCCCCO)c1=O. The molecule has 0 aliphatic rings. The number of rotatable bonds is 8. The van der Waals surface area contributed by atoms with Crippen molar-refractivity contribution in [2.24, 2.45) is 0 Å². The fourth-order valence-electron chi connectivity index (χ4n) is 1.75. The highest BCUT2D eigenvalue weighted by Gasteiger charge is 2.05. The Kier molecular flexibility index (Phi) is 6.43. The van der Waals surface area contributed by atoms with Gasteiger partial charge in [0, 0.05) is 31.6 Å². The molecular formula is C13H23N3O2. The fourth-order valence-corrected chi connectivity index (χ4v) is 1.75. The van der Waals surface area contributed by atoms with Crippen molar-refractivity contribution in [3.63, 3.8) is 0 Å². The van der Waals surface area contributed by atoms with Crippen LogP contribution in [0.25, 0.3) is 0 Å². The van der Waals surface area contributed by atoms with E-state index < -0.39 is 0 Å². The summed E-state index contributed by atoms with van der Waals surface area (Å²) in [6.45, 7) is 4.95. The van der Waals surface area contributed by atoms with Crippen LogP contribution in [0.1, 0.15) is 45.6 Å². The first kappa shape index (κ1) is 14.7. The Bertz CT molecular complexity index is 401. The Morgan fingerprint density at radius 2 is 2.06 bits per heavy atom. The van der Waals surface area contributed by atoms with Crippen LogP contribution < -0.4 is 10.9 Å². The van der Waals surface area contributed by atoms with Crippen LogP contribution in [0.3, 0.4) is 0 Å². The second-order valence-electron chi connectivity index (χ2n) is 4.65. The zero-order valence-electron chi connectivity index (χ0n) is 11.2. The Balaban J connectivity index is 2.43. The monoisotopic (exact) mass is 253 g/mol. The second-order valence-corrected chi connectivity index (χ2v) is 4.65. The van der Waals surface area contributed by atoms with E-state index in [1.165, 1.54) is 0 Å². The maximum atomic E-state index is 12.0. The van der Waals surface area contributed by atoms with Gasteiger partial charge in [0.25, 0.3) is 5.56 Å². The van der Waals surface area contributed by atoms with Gasteiger partial charge in [-0.2, -0.15) is 0 Å². The number of aliphatic hydroxyl groups excluding tert-OH is 1. The molecule has 0 saturated heterocycles. The predicted octanol–water partition coefficient (Wildman–Crippen LogP) is 1.79. The molecule has 1 aromatic rings. The molecule has 5 heteroatoms. The molecule has 1 aromatic heterocycles. The summed E-state index contributed by atoms with van der Waals surface area (Å²) in [4.78, 5) is 16.1. The van der Waals surface area contributed by atoms with Crippen LogP contribution >= 0.6 is 0 Å². The number of aromatic nitrogens is 2. The van der Waals surface area contributed by atoms with E-state index in [0.717, 1.165) is 32.2 Å². The third-order valence-electron chi connectivity index (χ3n) is 2.80. The molecular weight excluding hydrogens is 230 g/mol. The minimum absolute atomic E-state index is 0.0668. The number of nitrogens with one attached hydrogen (secondary N) is 1. The van der Waals surface area contributed by atoms with Gasteiger partial charge in [0.2, 0.25) is 0 Å². The summed E-state index contributed by atoms with van der Waals surface area (Å²) in [5.41, 5.74) is -0.0668. The molecule has 0 radical (unpaired) electrons. The van der Waals surface area contributed by atoms with Gasteiger partial charge in [-0.15, -0.1) is 0 Å². The molecule has 0 aliphatic heterocycles. The second kappa shape index (κ2) is 7.87. The number of unbranched alkanes of at least 4 members (excludes halogenated alkanes) is 3. The lowest BCUT2D eigenvalue weighted by Gasteiger charge is -2.11. The van der Waals surface area contributed by atoms with Crippen LogP contribution in [-0.2, 0) is 0 Å². The van der Waals surface area contributed by atoms with Gasteiger partial charge in [0.05, 0.1) is 0 Å². The van der Waals surface area contributed by atoms with Gasteiger partial charge < -0.3 is 15.0 Å². The molecule has 1 rings (SSSR count). The zero-order chi connectivity index (χ0) is 13.4. The molecule has 0 aliphatic carbocycles. The van der Waals surface area contributed by atoms with Gasteiger partial charge in [-0.3, -0.25) is 4.79 Å². The molecule has 0 bridgehead atoms. The summed E-state index contributed by atoms with van der Waals surface area (Å²) in [5, 5.41) is 11.7. The van der Waals surface area contributed by atoms with E-state index in [0.29, 0.717) is 5.82 Å². The van der Waals surface area contributed by atoms with Crippen LogP contribution in [-0.4, -0.2) is 27.8 Å². The molecule has 18 heavy (non-hydrogen) atoms. The fraction of sp³-hybridized carbons (Fsp3) is 0.692. The molecule has 0 amide bonds. The van der Waals surface area contributed by atoms with Gasteiger partial charge in [-0.05, 0) is 26.7 Å². The number of hydrogen-bond donors (Lipinski definition) is 2. The van der Waals surface area contributed by atoms with Crippen LogP contribution in [0, 0.1) is 0 Å². The average Bonchev–Trinajstić information content (AvgIpc) is 2.35. The van der Waals surface area contributed by atoms with Crippen molar-refractivity contribution in [2.45, 2.75) is 45.6 Å². The topological polar surface area (TPSA) is 67.2 Å². The summed E-state index contributed by atoms with van der Waals surface area (Å²) in [7, 11) is 0. The number of hydrogen-bond acceptors (Lipinski definition) is 4. The first-order chi connectivity index (χ1) is 8.66. The Hall–Kier alpha value is -1.36. The van der Waals surface area contributed by atoms with E-state index in [-0.39, 0.29) is 18.2 Å². The predicted molar refractivity (Wildman–Crippen MR) is 72.9 cm³/mol. The Morgan fingerprint density at radius 1 is 1.33 bits per heavy atom. The Labute approximate surface area is 108 Å². The lowest BCUT2D eigenvalue weighted by Crippen LogP contribution is -2.25. The number of aliphatic hydroxyl groups is 1. The number of anilines is 1. The molecule has 0 aromatic carbocycles. The molecule has 0 unspecified atom stereocenters. The van der Waals surface area contributed by atoms with E-state index >= 15 is 0 Å².